The monoisotopic (exact) mass is 392 g/mol. The summed E-state index contributed by atoms with van der Waals surface area (Å²) in [5.74, 6) is 0.601. The number of aromatic amines is 1. The van der Waals surface area contributed by atoms with Crippen molar-refractivity contribution in [2.75, 3.05) is 26.7 Å². The molecule has 4 rings (SSSR count). The van der Waals surface area contributed by atoms with Gasteiger partial charge in [0.15, 0.2) is 5.78 Å². The van der Waals surface area contributed by atoms with Gasteiger partial charge in [0.1, 0.15) is 11.6 Å². The maximum atomic E-state index is 13.0. The highest BCUT2D eigenvalue weighted by Crippen LogP contribution is 2.26. The van der Waals surface area contributed by atoms with Crippen molar-refractivity contribution in [3.8, 4) is 5.75 Å². The predicted molar refractivity (Wildman–Crippen MR) is 113 cm³/mol. The first-order chi connectivity index (χ1) is 14.1. The van der Waals surface area contributed by atoms with E-state index in [1.54, 1.807) is 19.2 Å². The molecular weight excluding hydrogens is 367 g/mol. The second-order valence-corrected chi connectivity index (χ2v) is 7.51. The van der Waals surface area contributed by atoms with E-state index in [1.807, 2.05) is 12.1 Å². The van der Waals surface area contributed by atoms with E-state index in [0.29, 0.717) is 12.0 Å². The highest BCUT2D eigenvalue weighted by atomic mass is 19.1. The van der Waals surface area contributed by atoms with Crippen LogP contribution in [0, 0.1) is 5.82 Å². The number of aromatic nitrogens is 1. The lowest BCUT2D eigenvalue weighted by atomic mass is 10.00. The first kappa shape index (κ1) is 19.4. The van der Waals surface area contributed by atoms with Crippen LogP contribution in [0.3, 0.4) is 0 Å². The minimum atomic E-state index is -0.317. The average molecular weight is 392 g/mol. The number of H-pyrrole nitrogens is 1. The van der Waals surface area contributed by atoms with E-state index < -0.39 is 0 Å². The molecule has 0 bridgehead atoms. The molecule has 4 nitrogen and oxygen atoms in total. The number of carbonyl (C=O) groups excluding carboxylic acids is 1. The zero-order chi connectivity index (χ0) is 20.2. The normalized spacial score (nSPS) is 14.8. The van der Waals surface area contributed by atoms with E-state index in [0.717, 1.165) is 43.7 Å². The molecule has 0 unspecified atom stereocenters. The number of nitrogens with one attached hydrogen (secondary N) is 1. The van der Waals surface area contributed by atoms with Crippen LogP contribution in [0.1, 0.15) is 28.8 Å². The summed E-state index contributed by atoms with van der Waals surface area (Å²) in [5.41, 5.74) is 4.31. The van der Waals surface area contributed by atoms with Gasteiger partial charge in [-0.1, -0.05) is 11.6 Å². The number of rotatable bonds is 7. The van der Waals surface area contributed by atoms with Gasteiger partial charge in [-0.3, -0.25) is 9.69 Å². The molecule has 0 atom stereocenters. The maximum absolute atomic E-state index is 13.0. The SMILES string of the molecule is COc1ccc2[nH]cc(CC3=CCCN(CCC(=O)c4ccc(F)cc4)C3)c2c1. The molecule has 0 saturated heterocycles. The number of methoxy groups -OCH3 is 1. The van der Waals surface area contributed by atoms with Gasteiger partial charge in [-0.05, 0) is 60.9 Å². The van der Waals surface area contributed by atoms with Gasteiger partial charge < -0.3 is 9.72 Å². The van der Waals surface area contributed by atoms with Crippen molar-refractivity contribution in [3.05, 3.63) is 77.3 Å². The molecule has 5 heteroatoms. The molecule has 1 aliphatic rings. The number of fused-ring (bicyclic) bond motifs is 1. The number of ketones is 1. The van der Waals surface area contributed by atoms with Crippen LogP contribution in [0.4, 0.5) is 4.39 Å². The summed E-state index contributed by atoms with van der Waals surface area (Å²) in [5, 5.41) is 1.19. The molecule has 150 valence electrons. The molecule has 2 heterocycles. The van der Waals surface area contributed by atoms with Crippen molar-refractivity contribution in [3.63, 3.8) is 0 Å². The van der Waals surface area contributed by atoms with Crippen LogP contribution in [0.5, 0.6) is 5.75 Å². The Morgan fingerprint density at radius 2 is 2.03 bits per heavy atom. The van der Waals surface area contributed by atoms with Crippen LogP contribution in [0.15, 0.2) is 60.3 Å². The summed E-state index contributed by atoms with van der Waals surface area (Å²) in [6.45, 7) is 2.55. The van der Waals surface area contributed by atoms with Gasteiger partial charge in [0.05, 0.1) is 7.11 Å². The van der Waals surface area contributed by atoms with Gasteiger partial charge >= 0.3 is 0 Å². The van der Waals surface area contributed by atoms with Crippen molar-refractivity contribution >= 4 is 16.7 Å². The summed E-state index contributed by atoms with van der Waals surface area (Å²) < 4.78 is 18.4. The number of hydrogen-bond donors (Lipinski definition) is 1. The fourth-order valence-corrected chi connectivity index (χ4v) is 3.92. The van der Waals surface area contributed by atoms with Crippen LogP contribution >= 0.6 is 0 Å². The lowest BCUT2D eigenvalue weighted by molar-refractivity contribution is 0.0965. The lowest BCUT2D eigenvalue weighted by Gasteiger charge is -2.27. The minimum absolute atomic E-state index is 0.0600. The molecule has 0 spiro atoms. The Balaban J connectivity index is 1.37. The van der Waals surface area contributed by atoms with Crippen molar-refractivity contribution in [1.82, 2.24) is 9.88 Å². The lowest BCUT2D eigenvalue weighted by Crippen LogP contribution is -2.32. The molecule has 29 heavy (non-hydrogen) atoms. The second-order valence-electron chi connectivity index (χ2n) is 7.51. The molecule has 0 aliphatic carbocycles. The highest BCUT2D eigenvalue weighted by Gasteiger charge is 2.16. The van der Waals surface area contributed by atoms with Gasteiger partial charge in [0.25, 0.3) is 0 Å². The maximum Gasteiger partial charge on any atom is 0.164 e. The van der Waals surface area contributed by atoms with E-state index in [-0.39, 0.29) is 11.6 Å². The second kappa shape index (κ2) is 8.62. The topological polar surface area (TPSA) is 45.3 Å². The average Bonchev–Trinajstić information content (AvgIpc) is 3.14. The van der Waals surface area contributed by atoms with Crippen molar-refractivity contribution in [2.45, 2.75) is 19.3 Å². The van der Waals surface area contributed by atoms with E-state index in [2.05, 4.69) is 28.2 Å². The number of ether oxygens (including phenoxy) is 1. The smallest absolute Gasteiger partial charge is 0.164 e. The van der Waals surface area contributed by atoms with Gasteiger partial charge in [-0.15, -0.1) is 0 Å². The van der Waals surface area contributed by atoms with E-state index in [9.17, 15) is 9.18 Å². The summed E-state index contributed by atoms with van der Waals surface area (Å²) in [6.07, 6.45) is 6.71. The molecule has 0 saturated carbocycles. The number of nitrogens with zero attached hydrogens (tertiary/aromatic N) is 1. The fraction of sp³-hybridized carbons (Fsp3) is 0.292. The van der Waals surface area contributed by atoms with Crippen LogP contribution < -0.4 is 4.74 Å². The number of carbonyl (C=O) groups is 1. The van der Waals surface area contributed by atoms with Crippen LogP contribution in [0.2, 0.25) is 0 Å². The van der Waals surface area contributed by atoms with Crippen LogP contribution in [-0.4, -0.2) is 42.4 Å². The molecule has 1 N–H and O–H groups in total. The van der Waals surface area contributed by atoms with Gasteiger partial charge in [0, 0.05) is 48.7 Å². The van der Waals surface area contributed by atoms with E-state index >= 15 is 0 Å². The molecule has 1 aliphatic heterocycles. The third-order valence-electron chi connectivity index (χ3n) is 5.52. The zero-order valence-corrected chi connectivity index (χ0v) is 16.6. The summed E-state index contributed by atoms with van der Waals surface area (Å²) in [6, 6.07) is 11.9. The summed E-state index contributed by atoms with van der Waals surface area (Å²) >= 11 is 0. The summed E-state index contributed by atoms with van der Waals surface area (Å²) in [7, 11) is 1.68. The van der Waals surface area contributed by atoms with Crippen LogP contribution in [0.25, 0.3) is 10.9 Å². The third-order valence-corrected chi connectivity index (χ3v) is 5.52. The molecule has 0 radical (unpaired) electrons. The highest BCUT2D eigenvalue weighted by molar-refractivity contribution is 5.96. The molecule has 2 aromatic carbocycles. The zero-order valence-electron chi connectivity index (χ0n) is 16.6. The Morgan fingerprint density at radius 3 is 2.83 bits per heavy atom. The number of benzene rings is 2. The van der Waals surface area contributed by atoms with Crippen molar-refractivity contribution < 1.29 is 13.9 Å². The third kappa shape index (κ3) is 4.57. The Kier molecular flexibility index (Phi) is 5.76. The number of halogens is 1. The Labute approximate surface area is 170 Å². The Hall–Kier alpha value is -2.92. The molecule has 0 fully saturated rings. The van der Waals surface area contributed by atoms with Crippen molar-refractivity contribution in [1.29, 1.82) is 0 Å². The Bertz CT molecular complexity index is 1040. The molecule has 0 amide bonds. The molecule has 3 aromatic rings. The van der Waals surface area contributed by atoms with Gasteiger partial charge in [-0.2, -0.15) is 0 Å². The molecule has 1 aromatic heterocycles. The predicted octanol–water partition coefficient (Wildman–Crippen LogP) is 4.76. The van der Waals surface area contributed by atoms with E-state index in [1.165, 1.54) is 28.7 Å². The first-order valence-electron chi connectivity index (χ1n) is 9.95. The quantitative estimate of drug-likeness (QED) is 0.466. The van der Waals surface area contributed by atoms with Gasteiger partial charge in [-0.25, -0.2) is 4.39 Å². The first-order valence-corrected chi connectivity index (χ1v) is 9.95. The number of Topliss-reactive ketones (excluding diaryl/α,β-unsaturated/α-hetero) is 1. The van der Waals surface area contributed by atoms with Crippen molar-refractivity contribution in [2.24, 2.45) is 0 Å². The van der Waals surface area contributed by atoms with E-state index in [4.69, 9.17) is 4.74 Å². The standard InChI is InChI=1S/C24H25FN2O2/c1-29-21-8-9-23-22(14-21)19(15-26-23)13-17-3-2-11-27(16-17)12-10-24(28)18-4-6-20(25)7-5-18/h3-9,14-15,26H,2,10-13,16H2,1H3. The largest absolute Gasteiger partial charge is 0.497 e. The molecular formula is C24H25FN2O2. The minimum Gasteiger partial charge on any atom is -0.497 e. The fourth-order valence-electron chi connectivity index (χ4n) is 3.92. The van der Waals surface area contributed by atoms with Gasteiger partial charge in [0.2, 0.25) is 0 Å². The summed E-state index contributed by atoms with van der Waals surface area (Å²) in [4.78, 5) is 18.0. The number of hydrogen-bond acceptors (Lipinski definition) is 3. The van der Waals surface area contributed by atoms with Crippen LogP contribution in [-0.2, 0) is 6.42 Å². The Morgan fingerprint density at radius 1 is 1.21 bits per heavy atom.